The Morgan fingerprint density at radius 1 is 1.08 bits per heavy atom. The fourth-order valence-electron chi connectivity index (χ4n) is 1.12. The number of furan rings is 1. The molecule has 3 heteroatoms. The highest BCUT2D eigenvalue weighted by Gasteiger charge is 2.05. The van der Waals surface area contributed by atoms with Gasteiger partial charge in [-0.1, -0.05) is 23.7 Å². The van der Waals surface area contributed by atoms with Gasteiger partial charge in [-0.25, -0.2) is 0 Å². The highest BCUT2D eigenvalue weighted by atomic mass is 79.9. The van der Waals surface area contributed by atoms with E-state index in [1.807, 2.05) is 36.4 Å². The third kappa shape index (κ3) is 1.79. The molecule has 0 bridgehead atoms. The van der Waals surface area contributed by atoms with Crippen molar-refractivity contribution in [2.24, 2.45) is 0 Å². The molecule has 1 aromatic carbocycles. The van der Waals surface area contributed by atoms with Crippen molar-refractivity contribution in [2.45, 2.75) is 0 Å². The van der Waals surface area contributed by atoms with E-state index in [1.165, 1.54) is 0 Å². The first-order chi connectivity index (χ1) is 6.27. The van der Waals surface area contributed by atoms with E-state index in [0.29, 0.717) is 9.69 Å². The molecule has 0 aliphatic carbocycles. The van der Waals surface area contributed by atoms with Crippen LogP contribution >= 0.6 is 27.5 Å². The van der Waals surface area contributed by atoms with Gasteiger partial charge >= 0.3 is 0 Å². The molecule has 66 valence electrons. The molecule has 0 fully saturated rings. The minimum atomic E-state index is 0.698. The third-order valence-electron chi connectivity index (χ3n) is 1.71. The normalized spacial score (nSPS) is 10.3. The zero-order valence-corrected chi connectivity index (χ0v) is 8.97. The molecule has 0 saturated carbocycles. The third-order valence-corrected chi connectivity index (χ3v) is 2.47. The summed E-state index contributed by atoms with van der Waals surface area (Å²) in [6.07, 6.45) is 0. The Bertz CT molecular complexity index is 422. The topological polar surface area (TPSA) is 13.1 Å². The largest absolute Gasteiger partial charge is 0.449 e. The van der Waals surface area contributed by atoms with Crippen molar-refractivity contribution >= 4 is 27.5 Å². The van der Waals surface area contributed by atoms with Gasteiger partial charge in [-0.2, -0.15) is 0 Å². The van der Waals surface area contributed by atoms with E-state index in [4.69, 9.17) is 16.0 Å². The van der Waals surface area contributed by atoms with Gasteiger partial charge in [-0.3, -0.25) is 0 Å². The summed E-state index contributed by atoms with van der Waals surface area (Å²) in [5.41, 5.74) is 0.912. The van der Waals surface area contributed by atoms with Crippen LogP contribution in [-0.2, 0) is 0 Å². The van der Waals surface area contributed by atoms with Gasteiger partial charge in [0.1, 0.15) is 5.76 Å². The SMILES string of the molecule is Clc1ccccc1-c1ccc(Br)o1. The molecule has 1 heterocycles. The maximum Gasteiger partial charge on any atom is 0.169 e. The lowest BCUT2D eigenvalue weighted by Crippen LogP contribution is -1.73. The van der Waals surface area contributed by atoms with Crippen LogP contribution in [0, 0.1) is 0 Å². The smallest absolute Gasteiger partial charge is 0.169 e. The van der Waals surface area contributed by atoms with Crippen molar-refractivity contribution in [3.63, 3.8) is 0 Å². The monoisotopic (exact) mass is 256 g/mol. The van der Waals surface area contributed by atoms with Gasteiger partial charge in [0.25, 0.3) is 0 Å². The summed E-state index contributed by atoms with van der Waals surface area (Å²) in [6, 6.07) is 11.3. The fourth-order valence-corrected chi connectivity index (χ4v) is 1.66. The fraction of sp³-hybridized carbons (Fsp3) is 0. The lowest BCUT2D eigenvalue weighted by molar-refractivity contribution is 0.556. The summed E-state index contributed by atoms with van der Waals surface area (Å²) in [7, 11) is 0. The number of halogens is 2. The van der Waals surface area contributed by atoms with Crippen molar-refractivity contribution in [1.82, 2.24) is 0 Å². The molecular formula is C10H6BrClO. The van der Waals surface area contributed by atoms with Crippen molar-refractivity contribution in [1.29, 1.82) is 0 Å². The quantitative estimate of drug-likeness (QED) is 0.740. The molecule has 0 unspecified atom stereocenters. The summed E-state index contributed by atoms with van der Waals surface area (Å²) in [6.45, 7) is 0. The van der Waals surface area contributed by atoms with Gasteiger partial charge in [0.2, 0.25) is 0 Å². The van der Waals surface area contributed by atoms with E-state index < -0.39 is 0 Å². The summed E-state index contributed by atoms with van der Waals surface area (Å²) < 4.78 is 6.09. The lowest BCUT2D eigenvalue weighted by atomic mass is 10.2. The summed E-state index contributed by atoms with van der Waals surface area (Å²) >= 11 is 9.24. The predicted octanol–water partition coefficient (Wildman–Crippen LogP) is 4.36. The maximum atomic E-state index is 5.99. The Morgan fingerprint density at radius 3 is 2.46 bits per heavy atom. The van der Waals surface area contributed by atoms with Gasteiger partial charge < -0.3 is 4.42 Å². The van der Waals surface area contributed by atoms with E-state index >= 15 is 0 Å². The van der Waals surface area contributed by atoms with Gasteiger partial charge in [0.05, 0.1) is 5.02 Å². The Hall–Kier alpha value is -0.730. The molecule has 0 atom stereocenters. The Morgan fingerprint density at radius 2 is 1.85 bits per heavy atom. The first kappa shape index (κ1) is 8.85. The second kappa shape index (κ2) is 3.56. The zero-order chi connectivity index (χ0) is 9.26. The van der Waals surface area contributed by atoms with Crippen molar-refractivity contribution in [3.05, 3.63) is 46.1 Å². The van der Waals surface area contributed by atoms with Gasteiger partial charge in [-0.15, -0.1) is 0 Å². The van der Waals surface area contributed by atoms with Gasteiger partial charge in [0.15, 0.2) is 4.67 Å². The molecule has 0 saturated heterocycles. The molecule has 0 amide bonds. The standard InChI is InChI=1S/C10H6BrClO/c11-10-6-5-9(13-10)7-3-1-2-4-8(7)12/h1-6H. The summed E-state index contributed by atoms with van der Waals surface area (Å²) in [4.78, 5) is 0. The van der Waals surface area contributed by atoms with Crippen LogP contribution in [0.25, 0.3) is 11.3 Å². The van der Waals surface area contributed by atoms with E-state index in [2.05, 4.69) is 15.9 Å². The second-order valence-electron chi connectivity index (χ2n) is 2.58. The number of benzene rings is 1. The average molecular weight is 258 g/mol. The molecule has 0 spiro atoms. The number of hydrogen-bond donors (Lipinski definition) is 0. The molecule has 2 rings (SSSR count). The van der Waals surface area contributed by atoms with Crippen LogP contribution in [0.15, 0.2) is 45.5 Å². The Kier molecular flexibility index (Phi) is 2.42. The first-order valence-corrected chi connectivity index (χ1v) is 4.95. The van der Waals surface area contributed by atoms with E-state index in [1.54, 1.807) is 0 Å². The van der Waals surface area contributed by atoms with Crippen LogP contribution in [0.5, 0.6) is 0 Å². The van der Waals surface area contributed by atoms with Crippen LogP contribution in [0.3, 0.4) is 0 Å². The van der Waals surface area contributed by atoms with Crippen molar-refractivity contribution in [3.8, 4) is 11.3 Å². The molecular weight excluding hydrogens is 251 g/mol. The van der Waals surface area contributed by atoms with Crippen LogP contribution in [-0.4, -0.2) is 0 Å². The first-order valence-electron chi connectivity index (χ1n) is 3.77. The second-order valence-corrected chi connectivity index (χ2v) is 3.77. The van der Waals surface area contributed by atoms with Crippen LogP contribution in [0.4, 0.5) is 0 Å². The number of rotatable bonds is 1. The summed E-state index contributed by atoms with van der Waals surface area (Å²) in [5.74, 6) is 0.775. The zero-order valence-electron chi connectivity index (χ0n) is 6.63. The maximum absolute atomic E-state index is 5.99. The average Bonchev–Trinajstić information content (AvgIpc) is 2.53. The molecule has 2 aromatic rings. The molecule has 0 aliphatic rings. The molecule has 0 aliphatic heterocycles. The summed E-state index contributed by atoms with van der Waals surface area (Å²) in [5, 5.41) is 0.698. The van der Waals surface area contributed by atoms with Crippen molar-refractivity contribution < 1.29 is 4.42 Å². The minimum Gasteiger partial charge on any atom is -0.449 e. The van der Waals surface area contributed by atoms with Crippen LogP contribution in [0.1, 0.15) is 0 Å². The molecule has 13 heavy (non-hydrogen) atoms. The molecule has 1 nitrogen and oxygen atoms in total. The number of hydrogen-bond acceptors (Lipinski definition) is 1. The van der Waals surface area contributed by atoms with Crippen LogP contribution < -0.4 is 0 Å². The minimum absolute atomic E-state index is 0.698. The van der Waals surface area contributed by atoms with E-state index in [9.17, 15) is 0 Å². The Balaban J connectivity index is 2.52. The lowest BCUT2D eigenvalue weighted by Gasteiger charge is -1.98. The van der Waals surface area contributed by atoms with Gasteiger partial charge in [-0.05, 0) is 40.2 Å². The van der Waals surface area contributed by atoms with Crippen LogP contribution in [0.2, 0.25) is 5.02 Å². The predicted molar refractivity (Wildman–Crippen MR) is 56.9 cm³/mol. The van der Waals surface area contributed by atoms with Crippen molar-refractivity contribution in [2.75, 3.05) is 0 Å². The highest BCUT2D eigenvalue weighted by molar-refractivity contribution is 9.10. The highest BCUT2D eigenvalue weighted by Crippen LogP contribution is 2.30. The van der Waals surface area contributed by atoms with Gasteiger partial charge in [0, 0.05) is 5.56 Å². The molecule has 1 aromatic heterocycles. The van der Waals surface area contributed by atoms with E-state index in [-0.39, 0.29) is 0 Å². The van der Waals surface area contributed by atoms with E-state index in [0.717, 1.165) is 11.3 Å². The molecule has 0 N–H and O–H groups in total. The molecule has 0 radical (unpaired) electrons. The Labute approximate surface area is 89.5 Å².